The van der Waals surface area contributed by atoms with Gasteiger partial charge in [-0.2, -0.15) is 0 Å². The van der Waals surface area contributed by atoms with Gasteiger partial charge in [0.1, 0.15) is 5.82 Å². The maximum absolute atomic E-state index is 12.9. The fourth-order valence-electron chi connectivity index (χ4n) is 3.28. The Morgan fingerprint density at radius 2 is 1.85 bits per heavy atom. The van der Waals surface area contributed by atoms with Gasteiger partial charge < -0.3 is 10.4 Å². The van der Waals surface area contributed by atoms with Crippen molar-refractivity contribution in [3.05, 3.63) is 35.6 Å². The smallest absolute Gasteiger partial charge is 0.123 e. The summed E-state index contributed by atoms with van der Waals surface area (Å²) in [5.74, 6) is 1.11. The van der Waals surface area contributed by atoms with Crippen molar-refractivity contribution in [3.8, 4) is 0 Å². The molecule has 3 unspecified atom stereocenters. The molecular weight excluding hydrogens is 253 g/mol. The molecule has 1 fully saturated rings. The van der Waals surface area contributed by atoms with Gasteiger partial charge in [0.15, 0.2) is 0 Å². The monoisotopic (exact) mass is 279 g/mol. The third kappa shape index (κ3) is 4.03. The Morgan fingerprint density at radius 3 is 2.50 bits per heavy atom. The minimum Gasteiger partial charge on any atom is -0.387 e. The Morgan fingerprint density at radius 1 is 1.20 bits per heavy atom. The summed E-state index contributed by atoms with van der Waals surface area (Å²) in [6, 6.07) is 6.61. The molecule has 0 saturated heterocycles. The van der Waals surface area contributed by atoms with E-state index in [0.29, 0.717) is 24.4 Å². The number of hydrogen-bond acceptors (Lipinski definition) is 2. The van der Waals surface area contributed by atoms with Crippen LogP contribution in [0.25, 0.3) is 0 Å². The van der Waals surface area contributed by atoms with Gasteiger partial charge in [0.05, 0.1) is 6.10 Å². The highest BCUT2D eigenvalue weighted by molar-refractivity contribution is 5.18. The van der Waals surface area contributed by atoms with Crippen LogP contribution in [0.4, 0.5) is 4.39 Å². The standard InChI is InChI=1S/C17H26FNO/c1-12(2)15-5-3-4-6-16(15)19-11-17(20)13-7-9-14(18)10-8-13/h7-10,12,15-17,19-20H,3-6,11H2,1-2H3. The molecule has 0 aromatic heterocycles. The zero-order valence-corrected chi connectivity index (χ0v) is 12.5. The average Bonchev–Trinajstić information content (AvgIpc) is 2.45. The molecule has 0 spiro atoms. The number of hydrogen-bond donors (Lipinski definition) is 2. The molecule has 0 bridgehead atoms. The number of halogens is 1. The van der Waals surface area contributed by atoms with Crippen LogP contribution in [-0.4, -0.2) is 17.7 Å². The van der Waals surface area contributed by atoms with Crippen molar-refractivity contribution in [3.63, 3.8) is 0 Å². The summed E-state index contributed by atoms with van der Waals surface area (Å²) in [4.78, 5) is 0. The summed E-state index contributed by atoms with van der Waals surface area (Å²) < 4.78 is 12.9. The molecule has 20 heavy (non-hydrogen) atoms. The zero-order valence-electron chi connectivity index (χ0n) is 12.5. The fraction of sp³-hybridized carbons (Fsp3) is 0.647. The second-order valence-electron chi connectivity index (χ2n) is 6.27. The number of aliphatic hydroxyl groups is 1. The summed E-state index contributed by atoms with van der Waals surface area (Å²) in [6.07, 6.45) is 4.50. The van der Waals surface area contributed by atoms with E-state index in [1.54, 1.807) is 12.1 Å². The van der Waals surface area contributed by atoms with Crippen molar-refractivity contribution < 1.29 is 9.50 Å². The highest BCUT2D eigenvalue weighted by atomic mass is 19.1. The van der Waals surface area contributed by atoms with E-state index in [0.717, 1.165) is 5.56 Å². The Bertz CT molecular complexity index is 404. The first kappa shape index (κ1) is 15.5. The van der Waals surface area contributed by atoms with Crippen LogP contribution in [0.15, 0.2) is 24.3 Å². The Hall–Kier alpha value is -0.930. The predicted octanol–water partition coefficient (Wildman–Crippen LogP) is 3.66. The molecule has 1 aliphatic carbocycles. The molecule has 2 N–H and O–H groups in total. The molecule has 1 aromatic carbocycles. The molecular formula is C17H26FNO. The zero-order chi connectivity index (χ0) is 14.5. The molecule has 3 heteroatoms. The summed E-state index contributed by atoms with van der Waals surface area (Å²) in [5.41, 5.74) is 0.774. The first-order chi connectivity index (χ1) is 9.58. The van der Waals surface area contributed by atoms with Crippen molar-refractivity contribution in [2.75, 3.05) is 6.54 Å². The highest BCUT2D eigenvalue weighted by Gasteiger charge is 2.27. The molecule has 1 saturated carbocycles. The van der Waals surface area contributed by atoms with E-state index in [-0.39, 0.29) is 5.82 Å². The summed E-state index contributed by atoms with van der Waals surface area (Å²) in [5, 5.41) is 13.7. The van der Waals surface area contributed by atoms with Crippen LogP contribution in [-0.2, 0) is 0 Å². The molecule has 2 nitrogen and oxygen atoms in total. The number of aliphatic hydroxyl groups excluding tert-OH is 1. The van der Waals surface area contributed by atoms with E-state index in [1.165, 1.54) is 37.8 Å². The van der Waals surface area contributed by atoms with Gasteiger partial charge in [-0.3, -0.25) is 0 Å². The van der Waals surface area contributed by atoms with Crippen molar-refractivity contribution >= 4 is 0 Å². The van der Waals surface area contributed by atoms with Gasteiger partial charge in [-0.1, -0.05) is 38.8 Å². The quantitative estimate of drug-likeness (QED) is 0.862. The minimum absolute atomic E-state index is 0.263. The largest absolute Gasteiger partial charge is 0.387 e. The van der Waals surface area contributed by atoms with Gasteiger partial charge in [0.25, 0.3) is 0 Å². The summed E-state index contributed by atoms with van der Waals surface area (Å²) in [7, 11) is 0. The first-order valence-electron chi connectivity index (χ1n) is 7.75. The lowest BCUT2D eigenvalue weighted by atomic mass is 9.78. The summed E-state index contributed by atoms with van der Waals surface area (Å²) >= 11 is 0. The van der Waals surface area contributed by atoms with Crippen LogP contribution in [0.5, 0.6) is 0 Å². The van der Waals surface area contributed by atoms with Crippen LogP contribution in [0, 0.1) is 17.7 Å². The molecule has 1 aliphatic rings. The van der Waals surface area contributed by atoms with E-state index in [1.807, 2.05) is 0 Å². The Balaban J connectivity index is 1.88. The molecule has 1 aromatic rings. The lowest BCUT2D eigenvalue weighted by Gasteiger charge is -2.35. The maximum Gasteiger partial charge on any atom is 0.123 e. The van der Waals surface area contributed by atoms with E-state index in [4.69, 9.17) is 0 Å². The van der Waals surface area contributed by atoms with Crippen molar-refractivity contribution in [1.82, 2.24) is 5.32 Å². The van der Waals surface area contributed by atoms with Gasteiger partial charge >= 0.3 is 0 Å². The lowest BCUT2D eigenvalue weighted by molar-refractivity contribution is 0.144. The van der Waals surface area contributed by atoms with Crippen LogP contribution < -0.4 is 5.32 Å². The van der Waals surface area contributed by atoms with E-state index < -0.39 is 6.10 Å². The van der Waals surface area contributed by atoms with Crippen molar-refractivity contribution in [1.29, 1.82) is 0 Å². The number of benzene rings is 1. The van der Waals surface area contributed by atoms with Gasteiger partial charge in [0, 0.05) is 12.6 Å². The Kier molecular flexibility index (Phi) is 5.55. The molecule has 3 atom stereocenters. The van der Waals surface area contributed by atoms with Crippen LogP contribution in [0.3, 0.4) is 0 Å². The van der Waals surface area contributed by atoms with Crippen molar-refractivity contribution in [2.24, 2.45) is 11.8 Å². The molecule has 0 radical (unpaired) electrons. The molecule has 2 rings (SSSR count). The Labute approximate surface area is 121 Å². The second-order valence-corrected chi connectivity index (χ2v) is 6.27. The first-order valence-corrected chi connectivity index (χ1v) is 7.75. The fourth-order valence-corrected chi connectivity index (χ4v) is 3.28. The van der Waals surface area contributed by atoms with Crippen molar-refractivity contribution in [2.45, 2.75) is 51.7 Å². The lowest BCUT2D eigenvalue weighted by Crippen LogP contribution is -2.42. The third-order valence-electron chi connectivity index (χ3n) is 4.50. The molecule has 0 heterocycles. The number of nitrogens with one attached hydrogen (secondary N) is 1. The minimum atomic E-state index is -0.565. The van der Waals surface area contributed by atoms with Crippen LogP contribution >= 0.6 is 0 Å². The normalized spacial score (nSPS) is 24.9. The van der Waals surface area contributed by atoms with Gasteiger partial charge in [-0.25, -0.2) is 4.39 Å². The van der Waals surface area contributed by atoms with E-state index in [9.17, 15) is 9.50 Å². The van der Waals surface area contributed by atoms with E-state index >= 15 is 0 Å². The molecule has 0 amide bonds. The second kappa shape index (κ2) is 7.19. The topological polar surface area (TPSA) is 32.3 Å². The van der Waals surface area contributed by atoms with Gasteiger partial charge in [-0.05, 0) is 42.4 Å². The molecule has 112 valence electrons. The predicted molar refractivity (Wildman–Crippen MR) is 79.9 cm³/mol. The average molecular weight is 279 g/mol. The third-order valence-corrected chi connectivity index (χ3v) is 4.50. The highest BCUT2D eigenvalue weighted by Crippen LogP contribution is 2.30. The molecule has 0 aliphatic heterocycles. The number of rotatable bonds is 5. The SMILES string of the molecule is CC(C)C1CCCCC1NCC(O)c1ccc(F)cc1. The van der Waals surface area contributed by atoms with Crippen LogP contribution in [0.2, 0.25) is 0 Å². The maximum atomic E-state index is 12.9. The van der Waals surface area contributed by atoms with Gasteiger partial charge in [-0.15, -0.1) is 0 Å². The van der Waals surface area contributed by atoms with E-state index in [2.05, 4.69) is 19.2 Å². The summed E-state index contributed by atoms with van der Waals surface area (Å²) in [6.45, 7) is 5.10. The van der Waals surface area contributed by atoms with Crippen LogP contribution in [0.1, 0.15) is 51.2 Å². The van der Waals surface area contributed by atoms with Gasteiger partial charge in [0.2, 0.25) is 0 Å².